The van der Waals surface area contributed by atoms with Crippen LogP contribution in [0.2, 0.25) is 0 Å². The summed E-state index contributed by atoms with van der Waals surface area (Å²) in [6, 6.07) is 6.29. The first-order valence-corrected chi connectivity index (χ1v) is 8.90. The van der Waals surface area contributed by atoms with Crippen molar-refractivity contribution in [3.8, 4) is 5.75 Å². The Balaban J connectivity index is 2.57. The third-order valence-electron chi connectivity index (χ3n) is 2.90. The van der Waals surface area contributed by atoms with Crippen molar-refractivity contribution in [1.29, 1.82) is 0 Å². The normalized spacial score (nSPS) is 12.3. The molecule has 0 saturated carbocycles. The van der Waals surface area contributed by atoms with Gasteiger partial charge in [-0.3, -0.25) is 4.99 Å². The third kappa shape index (κ3) is 7.78. The van der Waals surface area contributed by atoms with E-state index in [1.54, 1.807) is 31.1 Å². The summed E-state index contributed by atoms with van der Waals surface area (Å²) in [5, 5.41) is 2.96. The van der Waals surface area contributed by atoms with Crippen LogP contribution in [0.5, 0.6) is 5.75 Å². The summed E-state index contributed by atoms with van der Waals surface area (Å²) in [5.74, 6) is 0.656. The lowest BCUT2D eigenvalue weighted by molar-refractivity contribution is -0.0498. The molecule has 130 valence electrons. The van der Waals surface area contributed by atoms with Crippen LogP contribution in [-0.2, 0) is 16.4 Å². The summed E-state index contributed by atoms with van der Waals surface area (Å²) in [7, 11) is 0.349. The summed E-state index contributed by atoms with van der Waals surface area (Å²) in [5.41, 5.74) is 0.875. The number of hydrogen-bond acceptors (Lipinski definition) is 4. The van der Waals surface area contributed by atoms with Gasteiger partial charge >= 0.3 is 6.61 Å². The smallest absolute Gasteiger partial charge is 0.387 e. The second-order valence-corrected chi connectivity index (χ2v) is 7.24. The van der Waals surface area contributed by atoms with Crippen LogP contribution in [0, 0.1) is 0 Å². The molecule has 0 saturated heterocycles. The zero-order valence-corrected chi connectivity index (χ0v) is 14.1. The van der Waals surface area contributed by atoms with Gasteiger partial charge in [-0.1, -0.05) is 12.1 Å². The van der Waals surface area contributed by atoms with Crippen molar-refractivity contribution >= 4 is 15.8 Å². The highest BCUT2D eigenvalue weighted by Crippen LogP contribution is 2.15. The van der Waals surface area contributed by atoms with E-state index in [9.17, 15) is 17.2 Å². The first-order valence-electron chi connectivity index (χ1n) is 6.84. The number of rotatable bonds is 7. The largest absolute Gasteiger partial charge is 0.435 e. The fourth-order valence-electron chi connectivity index (χ4n) is 1.86. The Kier molecular flexibility index (Phi) is 7.21. The lowest BCUT2D eigenvalue weighted by Gasteiger charge is -2.22. The number of nitrogens with one attached hydrogen (secondary N) is 1. The molecule has 1 N–H and O–H groups in total. The predicted octanol–water partition coefficient (Wildman–Crippen LogP) is 1.34. The molecule has 0 radical (unpaired) electrons. The van der Waals surface area contributed by atoms with Crippen molar-refractivity contribution in [3.63, 3.8) is 0 Å². The van der Waals surface area contributed by atoms with Crippen molar-refractivity contribution < 1.29 is 21.9 Å². The fraction of sp³-hybridized carbons (Fsp3) is 0.500. The molecule has 0 aromatic heterocycles. The number of nitrogens with zero attached hydrogens (tertiary/aromatic N) is 2. The van der Waals surface area contributed by atoms with Crippen LogP contribution in [0.25, 0.3) is 0 Å². The fourth-order valence-corrected chi connectivity index (χ4v) is 2.33. The van der Waals surface area contributed by atoms with Crippen LogP contribution in [0.4, 0.5) is 8.78 Å². The SMILES string of the molecule is CN=C(NCCS(C)(=O)=O)N(C)Cc1ccc(OC(F)F)cc1. The lowest BCUT2D eigenvalue weighted by atomic mass is 10.2. The molecule has 1 rings (SSSR count). The maximum atomic E-state index is 12.1. The van der Waals surface area contributed by atoms with Crippen molar-refractivity contribution in [2.45, 2.75) is 13.2 Å². The maximum absolute atomic E-state index is 12.1. The van der Waals surface area contributed by atoms with Gasteiger partial charge in [-0.05, 0) is 17.7 Å². The quantitative estimate of drug-likeness (QED) is 0.594. The summed E-state index contributed by atoms with van der Waals surface area (Å²) < 4.78 is 50.7. The molecule has 0 fully saturated rings. The molecule has 0 unspecified atom stereocenters. The molecule has 0 aliphatic carbocycles. The van der Waals surface area contributed by atoms with E-state index in [4.69, 9.17) is 0 Å². The molecule has 1 aromatic rings. The second-order valence-electron chi connectivity index (χ2n) is 4.98. The topological polar surface area (TPSA) is 71.0 Å². The van der Waals surface area contributed by atoms with Gasteiger partial charge in [0.1, 0.15) is 15.6 Å². The number of guanidine groups is 1. The Morgan fingerprint density at radius 3 is 2.43 bits per heavy atom. The van der Waals surface area contributed by atoms with Crippen molar-refractivity contribution in [3.05, 3.63) is 29.8 Å². The molecule has 23 heavy (non-hydrogen) atoms. The molecule has 0 spiro atoms. The first kappa shape index (κ1) is 19.1. The van der Waals surface area contributed by atoms with E-state index < -0.39 is 16.4 Å². The maximum Gasteiger partial charge on any atom is 0.387 e. The lowest BCUT2D eigenvalue weighted by Crippen LogP contribution is -2.40. The molecule has 6 nitrogen and oxygen atoms in total. The molecule has 0 heterocycles. The van der Waals surface area contributed by atoms with E-state index >= 15 is 0 Å². The summed E-state index contributed by atoms with van der Waals surface area (Å²) in [4.78, 5) is 5.87. The van der Waals surface area contributed by atoms with Gasteiger partial charge in [-0.15, -0.1) is 0 Å². The Morgan fingerprint density at radius 2 is 1.96 bits per heavy atom. The van der Waals surface area contributed by atoms with E-state index in [-0.39, 0.29) is 18.0 Å². The molecule has 0 atom stereocenters. The number of halogens is 2. The number of benzene rings is 1. The zero-order chi connectivity index (χ0) is 17.5. The molecule has 1 aromatic carbocycles. The van der Waals surface area contributed by atoms with E-state index in [0.29, 0.717) is 12.5 Å². The number of hydrogen-bond donors (Lipinski definition) is 1. The first-order chi connectivity index (χ1) is 10.7. The predicted molar refractivity (Wildman–Crippen MR) is 85.6 cm³/mol. The van der Waals surface area contributed by atoms with Crippen molar-refractivity contribution in [1.82, 2.24) is 10.2 Å². The Hall–Kier alpha value is -1.90. The average molecular weight is 349 g/mol. The van der Waals surface area contributed by atoms with Gasteiger partial charge in [0.2, 0.25) is 0 Å². The third-order valence-corrected chi connectivity index (χ3v) is 3.84. The van der Waals surface area contributed by atoms with Gasteiger partial charge < -0.3 is 15.0 Å². The van der Waals surface area contributed by atoms with Gasteiger partial charge in [0.05, 0.1) is 5.75 Å². The minimum absolute atomic E-state index is 0.0134. The standard InChI is InChI=1S/C14H21F2N3O3S/c1-17-14(18-8-9-23(3,20)21)19(2)10-11-4-6-12(7-5-11)22-13(15)16/h4-7,13H,8-10H2,1-3H3,(H,17,18). The highest BCUT2D eigenvalue weighted by Gasteiger charge is 2.09. The minimum atomic E-state index is -3.04. The van der Waals surface area contributed by atoms with Crippen LogP contribution in [0.3, 0.4) is 0 Å². The van der Waals surface area contributed by atoms with E-state index in [2.05, 4.69) is 15.0 Å². The Bertz CT molecular complexity index is 619. The summed E-state index contributed by atoms with van der Waals surface area (Å²) in [6.07, 6.45) is 1.17. The van der Waals surface area contributed by atoms with Gasteiger partial charge in [-0.25, -0.2) is 8.42 Å². The number of sulfone groups is 1. The average Bonchev–Trinajstić information content (AvgIpc) is 2.44. The van der Waals surface area contributed by atoms with E-state index in [1.165, 1.54) is 18.4 Å². The van der Waals surface area contributed by atoms with Crippen molar-refractivity contribution in [2.75, 3.05) is 32.6 Å². The highest BCUT2D eigenvalue weighted by molar-refractivity contribution is 7.90. The van der Waals surface area contributed by atoms with Crippen LogP contribution in [0.15, 0.2) is 29.3 Å². The van der Waals surface area contributed by atoms with Crippen molar-refractivity contribution in [2.24, 2.45) is 4.99 Å². The van der Waals surface area contributed by atoms with E-state index in [0.717, 1.165) is 5.56 Å². The Labute approximate surface area is 135 Å². The van der Waals surface area contributed by atoms with Gasteiger partial charge in [-0.2, -0.15) is 8.78 Å². The monoisotopic (exact) mass is 349 g/mol. The summed E-state index contributed by atoms with van der Waals surface area (Å²) in [6.45, 7) is -2.11. The van der Waals surface area contributed by atoms with Crippen LogP contribution >= 0.6 is 0 Å². The minimum Gasteiger partial charge on any atom is -0.435 e. The molecule has 0 bridgehead atoms. The van der Waals surface area contributed by atoms with Crippen LogP contribution < -0.4 is 10.1 Å². The van der Waals surface area contributed by atoms with Crippen LogP contribution in [-0.4, -0.2) is 58.5 Å². The molecule has 0 amide bonds. The van der Waals surface area contributed by atoms with Gasteiger partial charge in [0.15, 0.2) is 5.96 Å². The number of ether oxygens (including phenoxy) is 1. The van der Waals surface area contributed by atoms with E-state index in [1.807, 2.05) is 0 Å². The zero-order valence-electron chi connectivity index (χ0n) is 13.3. The Morgan fingerprint density at radius 1 is 1.35 bits per heavy atom. The summed E-state index contributed by atoms with van der Waals surface area (Å²) >= 11 is 0. The molecule has 0 aliphatic rings. The van der Waals surface area contributed by atoms with Crippen LogP contribution in [0.1, 0.15) is 5.56 Å². The number of aliphatic imine (C=N–C) groups is 1. The second kappa shape index (κ2) is 8.66. The highest BCUT2D eigenvalue weighted by atomic mass is 32.2. The molecule has 0 aliphatic heterocycles. The van der Waals surface area contributed by atoms with Gasteiger partial charge in [0.25, 0.3) is 0 Å². The molecular weight excluding hydrogens is 328 g/mol. The number of alkyl halides is 2. The molecule has 9 heteroatoms. The van der Waals surface area contributed by atoms with Gasteiger partial charge in [0, 0.05) is 33.4 Å². The molecular formula is C14H21F2N3O3S.